The van der Waals surface area contributed by atoms with Crippen LogP contribution in [0.4, 0.5) is 0 Å². The first-order valence-electron chi connectivity index (χ1n) is 10.1. The maximum atomic E-state index is 12.7. The molecule has 0 spiro atoms. The van der Waals surface area contributed by atoms with Crippen molar-refractivity contribution in [2.24, 2.45) is 0 Å². The summed E-state index contributed by atoms with van der Waals surface area (Å²) >= 11 is 0. The van der Waals surface area contributed by atoms with Crippen LogP contribution in [0.2, 0.25) is 0 Å². The number of fused-ring (bicyclic) bond motifs is 1. The fourth-order valence-corrected chi connectivity index (χ4v) is 3.26. The predicted molar refractivity (Wildman–Crippen MR) is 117 cm³/mol. The first-order chi connectivity index (χ1) is 15.2. The molecule has 0 fully saturated rings. The summed E-state index contributed by atoms with van der Waals surface area (Å²) in [6.45, 7) is 2.02. The Balaban J connectivity index is 1.41. The van der Waals surface area contributed by atoms with Crippen LogP contribution in [0.15, 0.2) is 71.3 Å². The topological polar surface area (TPSA) is 86.5 Å². The molecular weight excluding hydrogens is 394 g/mol. The lowest BCUT2D eigenvalue weighted by Crippen LogP contribution is -2.37. The van der Waals surface area contributed by atoms with Crippen LogP contribution in [-0.4, -0.2) is 29.3 Å². The van der Waals surface area contributed by atoms with Crippen molar-refractivity contribution in [3.05, 3.63) is 72.6 Å². The number of hydrogen-bond donors (Lipinski definition) is 1. The largest absolute Gasteiger partial charge is 0.497 e. The van der Waals surface area contributed by atoms with Crippen LogP contribution in [0.3, 0.4) is 0 Å². The third-order valence-electron chi connectivity index (χ3n) is 4.89. The minimum absolute atomic E-state index is 0.116. The monoisotopic (exact) mass is 417 g/mol. The predicted octanol–water partition coefficient (Wildman–Crippen LogP) is 4.37. The molecule has 0 aliphatic heterocycles. The van der Waals surface area contributed by atoms with E-state index in [0.717, 1.165) is 16.3 Å². The molecular formula is C24H23N3O4. The van der Waals surface area contributed by atoms with Crippen LogP contribution in [0.5, 0.6) is 11.5 Å². The molecule has 158 valence electrons. The highest BCUT2D eigenvalue weighted by atomic mass is 16.5. The van der Waals surface area contributed by atoms with Crippen LogP contribution in [0.25, 0.3) is 22.2 Å². The van der Waals surface area contributed by atoms with Crippen LogP contribution < -0.4 is 14.8 Å². The molecule has 0 radical (unpaired) electrons. The normalized spacial score (nSPS) is 11.8. The molecule has 0 saturated carbocycles. The molecule has 1 atom stereocenters. The van der Waals surface area contributed by atoms with Crippen LogP contribution in [0, 0.1) is 0 Å². The van der Waals surface area contributed by atoms with E-state index in [2.05, 4.69) is 15.5 Å². The third-order valence-corrected chi connectivity index (χ3v) is 4.89. The summed E-state index contributed by atoms with van der Waals surface area (Å²) in [6, 6.07) is 21.1. The lowest BCUT2D eigenvalue weighted by atomic mass is 10.1. The van der Waals surface area contributed by atoms with E-state index in [1.165, 1.54) is 0 Å². The van der Waals surface area contributed by atoms with Gasteiger partial charge in [-0.25, -0.2) is 0 Å². The van der Waals surface area contributed by atoms with Gasteiger partial charge in [0.15, 0.2) is 6.10 Å². The van der Waals surface area contributed by atoms with E-state index in [1.807, 2.05) is 73.7 Å². The van der Waals surface area contributed by atoms with Gasteiger partial charge < -0.3 is 19.3 Å². The lowest BCUT2D eigenvalue weighted by molar-refractivity contribution is -0.128. The Labute approximate surface area is 180 Å². The van der Waals surface area contributed by atoms with Gasteiger partial charge in [-0.2, -0.15) is 4.98 Å². The Morgan fingerprint density at radius 3 is 2.74 bits per heavy atom. The quantitative estimate of drug-likeness (QED) is 0.458. The molecule has 31 heavy (non-hydrogen) atoms. The van der Waals surface area contributed by atoms with E-state index >= 15 is 0 Å². The minimum Gasteiger partial charge on any atom is -0.497 e. The van der Waals surface area contributed by atoms with Gasteiger partial charge in [-0.1, -0.05) is 60.6 Å². The van der Waals surface area contributed by atoms with E-state index in [9.17, 15) is 4.79 Å². The van der Waals surface area contributed by atoms with Gasteiger partial charge in [-0.15, -0.1) is 0 Å². The molecule has 4 rings (SSSR count). The molecule has 0 unspecified atom stereocenters. The number of benzene rings is 3. The average molecular weight is 417 g/mol. The molecule has 0 aliphatic carbocycles. The molecule has 0 aliphatic rings. The highest BCUT2D eigenvalue weighted by molar-refractivity contribution is 5.89. The number of carbonyl (C=O) groups excluding carboxylic acids is 1. The molecule has 3 aromatic carbocycles. The number of amides is 1. The van der Waals surface area contributed by atoms with E-state index in [0.29, 0.717) is 29.6 Å². The highest BCUT2D eigenvalue weighted by Crippen LogP contribution is 2.26. The van der Waals surface area contributed by atoms with Crippen molar-refractivity contribution < 1.29 is 18.8 Å². The lowest BCUT2D eigenvalue weighted by Gasteiger charge is -2.18. The van der Waals surface area contributed by atoms with Gasteiger partial charge in [0.2, 0.25) is 11.7 Å². The van der Waals surface area contributed by atoms with Gasteiger partial charge in [-0.05, 0) is 30.0 Å². The number of hydrogen-bond acceptors (Lipinski definition) is 6. The Morgan fingerprint density at radius 1 is 1.10 bits per heavy atom. The average Bonchev–Trinajstić information content (AvgIpc) is 3.30. The molecule has 0 bridgehead atoms. The summed E-state index contributed by atoms with van der Waals surface area (Å²) in [7, 11) is 1.60. The zero-order valence-corrected chi connectivity index (χ0v) is 17.4. The standard InChI is InChI=1S/C24H23N3O4/c1-3-20(30-21-13-7-9-16-8-4-5-12-19(16)21)24(28)25-15-22-26-23(27-31-22)17-10-6-11-18(14-17)29-2/h4-14,20H,3,15H2,1-2H3,(H,25,28)/t20-/m1/s1. The Hall–Kier alpha value is -3.87. The number of carbonyl (C=O) groups is 1. The molecule has 1 heterocycles. The van der Waals surface area contributed by atoms with Crippen molar-refractivity contribution in [3.8, 4) is 22.9 Å². The van der Waals surface area contributed by atoms with Crippen molar-refractivity contribution in [3.63, 3.8) is 0 Å². The van der Waals surface area contributed by atoms with Crippen LogP contribution in [0.1, 0.15) is 19.2 Å². The van der Waals surface area contributed by atoms with E-state index < -0.39 is 6.10 Å². The van der Waals surface area contributed by atoms with Gasteiger partial charge in [0, 0.05) is 10.9 Å². The number of aromatic nitrogens is 2. The van der Waals surface area contributed by atoms with Gasteiger partial charge in [-0.3, -0.25) is 4.79 Å². The smallest absolute Gasteiger partial charge is 0.261 e. The van der Waals surface area contributed by atoms with Gasteiger partial charge in [0.05, 0.1) is 13.7 Å². The number of methoxy groups -OCH3 is 1. The first kappa shape index (κ1) is 20.4. The summed E-state index contributed by atoms with van der Waals surface area (Å²) in [4.78, 5) is 17.1. The van der Waals surface area contributed by atoms with Crippen molar-refractivity contribution in [1.82, 2.24) is 15.5 Å². The second-order valence-corrected chi connectivity index (χ2v) is 6.95. The fourth-order valence-electron chi connectivity index (χ4n) is 3.26. The zero-order valence-electron chi connectivity index (χ0n) is 17.4. The fraction of sp³-hybridized carbons (Fsp3) is 0.208. The Kier molecular flexibility index (Phi) is 6.12. The Bertz CT molecular complexity index is 1180. The van der Waals surface area contributed by atoms with Crippen LogP contribution in [-0.2, 0) is 11.3 Å². The molecule has 7 nitrogen and oxygen atoms in total. The van der Waals surface area contributed by atoms with E-state index in [4.69, 9.17) is 14.0 Å². The molecule has 1 aromatic heterocycles. The summed E-state index contributed by atoms with van der Waals surface area (Å²) in [5, 5.41) is 8.83. The molecule has 4 aromatic rings. The minimum atomic E-state index is -0.633. The third kappa shape index (κ3) is 4.66. The number of ether oxygens (including phenoxy) is 2. The zero-order chi connectivity index (χ0) is 21.6. The second kappa shape index (κ2) is 9.30. The highest BCUT2D eigenvalue weighted by Gasteiger charge is 2.20. The van der Waals surface area contributed by atoms with Crippen molar-refractivity contribution in [2.45, 2.75) is 26.0 Å². The van der Waals surface area contributed by atoms with Gasteiger partial charge in [0.25, 0.3) is 5.91 Å². The second-order valence-electron chi connectivity index (χ2n) is 6.95. The van der Waals surface area contributed by atoms with Crippen molar-refractivity contribution in [1.29, 1.82) is 0 Å². The maximum absolute atomic E-state index is 12.7. The van der Waals surface area contributed by atoms with Gasteiger partial charge >= 0.3 is 0 Å². The van der Waals surface area contributed by atoms with E-state index in [1.54, 1.807) is 7.11 Å². The SMILES string of the molecule is CC[C@@H](Oc1cccc2ccccc12)C(=O)NCc1nc(-c2cccc(OC)c2)no1. The van der Waals surface area contributed by atoms with Crippen molar-refractivity contribution >= 4 is 16.7 Å². The first-order valence-corrected chi connectivity index (χ1v) is 10.1. The summed E-state index contributed by atoms with van der Waals surface area (Å²) in [6.07, 6.45) is -0.111. The number of nitrogens with zero attached hydrogens (tertiary/aromatic N) is 2. The molecule has 0 saturated heterocycles. The molecule has 1 amide bonds. The molecule has 1 N–H and O–H groups in total. The molecule has 7 heteroatoms. The summed E-state index contributed by atoms with van der Waals surface area (Å²) < 4.78 is 16.5. The van der Waals surface area contributed by atoms with Crippen LogP contribution >= 0.6 is 0 Å². The van der Waals surface area contributed by atoms with Crippen molar-refractivity contribution in [2.75, 3.05) is 7.11 Å². The van der Waals surface area contributed by atoms with E-state index in [-0.39, 0.29) is 12.5 Å². The number of rotatable bonds is 8. The van der Waals surface area contributed by atoms with Gasteiger partial charge in [0.1, 0.15) is 11.5 Å². The summed E-state index contributed by atoms with van der Waals surface area (Å²) in [5.41, 5.74) is 0.770. The maximum Gasteiger partial charge on any atom is 0.261 e. The Morgan fingerprint density at radius 2 is 1.90 bits per heavy atom. The summed E-state index contributed by atoms with van der Waals surface area (Å²) in [5.74, 6) is 1.89. The number of nitrogens with one attached hydrogen (secondary N) is 1.